The van der Waals surface area contributed by atoms with Crippen molar-refractivity contribution in [3.63, 3.8) is 0 Å². The summed E-state index contributed by atoms with van der Waals surface area (Å²) >= 11 is 25.4. The van der Waals surface area contributed by atoms with Gasteiger partial charge < -0.3 is 14.6 Å². The lowest BCUT2D eigenvalue weighted by Gasteiger charge is -2.41. The smallest absolute Gasteiger partial charge is 0.309 e. The van der Waals surface area contributed by atoms with E-state index >= 15 is 0 Å². The van der Waals surface area contributed by atoms with Crippen molar-refractivity contribution in [2.45, 2.75) is 22.5 Å². The average Bonchev–Trinajstić information content (AvgIpc) is 2.58. The van der Waals surface area contributed by atoms with Crippen molar-refractivity contribution in [2.24, 2.45) is 11.8 Å². The molecule has 0 amide bonds. The van der Waals surface area contributed by atoms with Gasteiger partial charge in [0.25, 0.3) is 0 Å². The van der Waals surface area contributed by atoms with Gasteiger partial charge in [-0.2, -0.15) is 0 Å². The molecule has 0 spiro atoms. The summed E-state index contributed by atoms with van der Waals surface area (Å²) in [5.41, 5.74) is 0. The second-order valence-electron chi connectivity index (χ2n) is 4.68. The third-order valence-corrected chi connectivity index (χ3v) is 6.91. The number of hydrogen-bond donors (Lipinski definition) is 1. The van der Waals surface area contributed by atoms with Crippen LogP contribution in [0.5, 0.6) is 0 Å². The van der Waals surface area contributed by atoms with Gasteiger partial charge in [0.1, 0.15) is 4.87 Å². The van der Waals surface area contributed by atoms with Gasteiger partial charge in [0, 0.05) is 20.1 Å². The molecule has 2 bridgehead atoms. The fraction of sp³-hybridized carbons (Fsp3) is 0.727. The number of halogens is 4. The Morgan fingerprint density at radius 2 is 1.58 bits per heavy atom. The summed E-state index contributed by atoms with van der Waals surface area (Å²) in [7, 11) is 2.66. The highest BCUT2D eigenvalue weighted by atomic mass is 35.5. The summed E-state index contributed by atoms with van der Waals surface area (Å²) in [5, 5.41) is 9.46. The Hall–Kier alpha value is 0.290. The minimum atomic E-state index is -1.66. The van der Waals surface area contributed by atoms with E-state index < -0.39 is 33.3 Å². The molecule has 2 rings (SSSR count). The molecule has 2 aliphatic carbocycles. The maximum absolute atomic E-state index is 11.5. The van der Waals surface area contributed by atoms with Crippen molar-refractivity contribution >= 4 is 52.4 Å². The van der Waals surface area contributed by atoms with Crippen molar-refractivity contribution in [2.75, 3.05) is 14.2 Å². The van der Waals surface area contributed by atoms with Crippen molar-refractivity contribution in [1.29, 1.82) is 0 Å². The number of fused-ring (bicyclic) bond motifs is 2. The maximum Gasteiger partial charge on any atom is 0.309 e. The topological polar surface area (TPSA) is 55.8 Å². The molecule has 1 fully saturated rings. The summed E-state index contributed by atoms with van der Waals surface area (Å²) in [6, 6.07) is 0. The van der Waals surface area contributed by atoms with Crippen LogP contribution in [0.3, 0.4) is 0 Å². The first kappa shape index (κ1) is 15.7. The van der Waals surface area contributed by atoms with Crippen LogP contribution in [-0.4, -0.2) is 40.8 Å². The molecule has 1 saturated carbocycles. The third kappa shape index (κ3) is 1.34. The summed E-state index contributed by atoms with van der Waals surface area (Å²) in [5.74, 6) is -4.48. The number of methoxy groups -OCH3 is 2. The molecule has 1 N–H and O–H groups in total. The summed E-state index contributed by atoms with van der Waals surface area (Å²) < 4.78 is 10.7. The number of carboxylic acid groups (broad SMARTS) is 1. The van der Waals surface area contributed by atoms with Gasteiger partial charge in [0.2, 0.25) is 5.79 Å². The van der Waals surface area contributed by atoms with Gasteiger partial charge in [-0.1, -0.05) is 30.1 Å². The highest BCUT2D eigenvalue weighted by molar-refractivity contribution is 6.52. The summed E-state index contributed by atoms with van der Waals surface area (Å²) in [6.07, 6.45) is 0. The van der Waals surface area contributed by atoms with Gasteiger partial charge >= 0.3 is 5.97 Å². The molecule has 2 unspecified atom stereocenters. The van der Waals surface area contributed by atoms with Gasteiger partial charge in [-0.15, -0.1) is 23.2 Å². The van der Waals surface area contributed by atoms with E-state index in [1.54, 1.807) is 6.92 Å². The van der Waals surface area contributed by atoms with E-state index in [0.29, 0.717) is 0 Å². The molecule has 8 heteroatoms. The highest BCUT2D eigenvalue weighted by Crippen LogP contribution is 2.73. The van der Waals surface area contributed by atoms with Gasteiger partial charge in [0.05, 0.1) is 16.0 Å². The van der Waals surface area contributed by atoms with Gasteiger partial charge in [-0.25, -0.2) is 0 Å². The number of carbonyl (C=O) groups is 1. The van der Waals surface area contributed by atoms with Crippen LogP contribution in [0.2, 0.25) is 0 Å². The Balaban J connectivity index is 2.81. The predicted molar refractivity (Wildman–Crippen MR) is 72.9 cm³/mol. The molecule has 0 aromatic heterocycles. The molecule has 19 heavy (non-hydrogen) atoms. The quantitative estimate of drug-likeness (QED) is 0.628. The predicted octanol–water partition coefficient (Wildman–Crippen LogP) is 2.98. The fourth-order valence-electron chi connectivity index (χ4n) is 3.35. The van der Waals surface area contributed by atoms with Crippen LogP contribution in [0.25, 0.3) is 0 Å². The second-order valence-corrected chi connectivity index (χ2v) is 6.63. The lowest BCUT2D eigenvalue weighted by molar-refractivity contribution is -0.220. The van der Waals surface area contributed by atoms with E-state index in [-0.39, 0.29) is 10.1 Å². The van der Waals surface area contributed by atoms with Crippen LogP contribution >= 0.6 is 46.4 Å². The van der Waals surface area contributed by atoms with Crippen molar-refractivity contribution in [1.82, 2.24) is 0 Å². The molecular formula is C11H12Cl4O4. The fourth-order valence-corrected chi connectivity index (χ4v) is 5.54. The minimum absolute atomic E-state index is 0.0416. The Morgan fingerprint density at radius 3 is 1.89 bits per heavy atom. The van der Waals surface area contributed by atoms with Crippen molar-refractivity contribution in [3.05, 3.63) is 10.1 Å². The summed E-state index contributed by atoms with van der Waals surface area (Å²) in [4.78, 5) is 8.43. The van der Waals surface area contributed by atoms with Crippen LogP contribution in [0.4, 0.5) is 0 Å². The van der Waals surface area contributed by atoms with Crippen LogP contribution in [0.15, 0.2) is 10.1 Å². The SMILES string of the molecule is COC1(OC)[C@@]2(Cl)C(Cl)=C(Cl)[C@]1(Cl)C(C(=O)O)C2C. The monoisotopic (exact) mass is 348 g/mol. The molecule has 108 valence electrons. The van der Waals surface area contributed by atoms with Crippen LogP contribution in [-0.2, 0) is 14.3 Å². The molecule has 2 aliphatic rings. The molecular weight excluding hydrogens is 338 g/mol. The van der Waals surface area contributed by atoms with E-state index in [2.05, 4.69) is 0 Å². The zero-order chi connectivity index (χ0) is 14.8. The van der Waals surface area contributed by atoms with E-state index in [1.807, 2.05) is 0 Å². The van der Waals surface area contributed by atoms with Gasteiger partial charge in [-0.05, 0) is 0 Å². The van der Waals surface area contributed by atoms with E-state index in [9.17, 15) is 9.90 Å². The lowest BCUT2D eigenvalue weighted by Crippen LogP contribution is -2.57. The maximum atomic E-state index is 11.5. The first-order chi connectivity index (χ1) is 8.66. The van der Waals surface area contributed by atoms with Crippen molar-refractivity contribution < 1.29 is 19.4 Å². The molecule has 0 aliphatic heterocycles. The Morgan fingerprint density at radius 1 is 1.16 bits per heavy atom. The zero-order valence-electron chi connectivity index (χ0n) is 10.3. The molecule has 0 aromatic carbocycles. The second kappa shape index (κ2) is 4.39. The minimum Gasteiger partial charge on any atom is -0.481 e. The Bertz CT molecular complexity index is 475. The van der Waals surface area contributed by atoms with Gasteiger partial charge in [-0.3, -0.25) is 4.79 Å². The number of ether oxygens (including phenoxy) is 2. The molecule has 0 radical (unpaired) electrons. The first-order valence-electron chi connectivity index (χ1n) is 5.44. The Labute approximate surface area is 130 Å². The average molecular weight is 350 g/mol. The van der Waals surface area contributed by atoms with E-state index in [0.717, 1.165) is 0 Å². The van der Waals surface area contributed by atoms with Crippen LogP contribution < -0.4 is 0 Å². The zero-order valence-corrected chi connectivity index (χ0v) is 13.4. The molecule has 0 aromatic rings. The van der Waals surface area contributed by atoms with Gasteiger partial charge in [0.15, 0.2) is 4.87 Å². The van der Waals surface area contributed by atoms with E-state index in [1.165, 1.54) is 14.2 Å². The lowest BCUT2D eigenvalue weighted by atomic mass is 9.83. The number of aliphatic carboxylic acids is 1. The largest absolute Gasteiger partial charge is 0.481 e. The Kier molecular flexibility index (Phi) is 3.62. The van der Waals surface area contributed by atoms with Crippen LogP contribution in [0, 0.1) is 11.8 Å². The number of rotatable bonds is 3. The number of alkyl halides is 2. The third-order valence-electron chi connectivity index (χ3n) is 4.19. The summed E-state index contributed by atoms with van der Waals surface area (Å²) in [6.45, 7) is 1.63. The molecule has 4 nitrogen and oxygen atoms in total. The highest BCUT2D eigenvalue weighted by Gasteiger charge is 2.85. The molecule has 0 saturated heterocycles. The molecule has 0 heterocycles. The molecule has 4 atom stereocenters. The van der Waals surface area contributed by atoms with Crippen LogP contribution in [0.1, 0.15) is 6.92 Å². The van der Waals surface area contributed by atoms with Crippen molar-refractivity contribution in [3.8, 4) is 0 Å². The standard InChI is InChI=1S/C11H12Cl4O4/c1-4-5(8(16)17)10(15)7(13)6(12)9(4,14)11(10,18-2)19-3/h4-5H,1-3H3,(H,16,17)/t4?,5?,9-,10+/m0/s1. The first-order valence-corrected chi connectivity index (χ1v) is 6.95. The van der Waals surface area contributed by atoms with E-state index in [4.69, 9.17) is 55.9 Å². The normalized spacial score (nSPS) is 43.9. The number of carboxylic acids is 1. The number of hydrogen-bond acceptors (Lipinski definition) is 3.